The second-order valence-electron chi connectivity index (χ2n) is 3.32. The summed E-state index contributed by atoms with van der Waals surface area (Å²) < 4.78 is 0. The zero-order chi connectivity index (χ0) is 9.52. The summed E-state index contributed by atoms with van der Waals surface area (Å²) in [7, 11) is 0. The lowest BCUT2D eigenvalue weighted by Gasteiger charge is -1.97. The number of unbranched alkanes of at least 4 members (excludes halogenated alkanes) is 3. The predicted octanol–water partition coefficient (Wildman–Crippen LogP) is 3.01. The van der Waals surface area contributed by atoms with E-state index in [0.29, 0.717) is 0 Å². The summed E-state index contributed by atoms with van der Waals surface area (Å²) in [6.07, 6.45) is 9.77. The van der Waals surface area contributed by atoms with Crippen molar-refractivity contribution < 1.29 is 0 Å². The van der Waals surface area contributed by atoms with Crippen molar-refractivity contribution in [2.45, 2.75) is 39.0 Å². The zero-order valence-electron chi connectivity index (χ0n) is 8.14. The highest BCUT2D eigenvalue weighted by Crippen LogP contribution is 2.11. The van der Waals surface area contributed by atoms with Gasteiger partial charge in [-0.05, 0) is 18.4 Å². The fourth-order valence-electron chi connectivity index (χ4n) is 1.45. The minimum Gasteiger partial charge on any atom is -0.366 e. The molecule has 0 aliphatic heterocycles. The maximum atomic E-state index is 8.74. The van der Waals surface area contributed by atoms with E-state index in [0.717, 1.165) is 12.0 Å². The topological polar surface area (TPSA) is 39.6 Å². The molecule has 1 heterocycles. The van der Waals surface area contributed by atoms with Crippen molar-refractivity contribution in [3.8, 4) is 6.07 Å². The molecular formula is C11H16N2. The zero-order valence-corrected chi connectivity index (χ0v) is 8.14. The number of H-pyrrole nitrogens is 1. The van der Waals surface area contributed by atoms with Crippen molar-refractivity contribution >= 4 is 0 Å². The minimum atomic E-state index is 0.802. The van der Waals surface area contributed by atoms with Crippen LogP contribution in [-0.2, 0) is 6.42 Å². The second-order valence-corrected chi connectivity index (χ2v) is 3.32. The van der Waals surface area contributed by atoms with Gasteiger partial charge in [-0.2, -0.15) is 5.26 Å². The number of aromatic nitrogens is 1. The summed E-state index contributed by atoms with van der Waals surface area (Å²) in [5.74, 6) is 0. The Hall–Kier alpha value is -1.23. The summed E-state index contributed by atoms with van der Waals surface area (Å²) >= 11 is 0. The Morgan fingerprint density at radius 3 is 2.85 bits per heavy atom. The molecule has 1 aromatic rings. The lowest BCUT2D eigenvalue weighted by Crippen LogP contribution is -1.86. The molecule has 0 fully saturated rings. The van der Waals surface area contributed by atoms with E-state index in [9.17, 15) is 0 Å². The molecule has 0 bridgehead atoms. The molecule has 0 saturated heterocycles. The van der Waals surface area contributed by atoms with Gasteiger partial charge in [-0.15, -0.1) is 0 Å². The Morgan fingerprint density at radius 2 is 2.15 bits per heavy atom. The molecule has 0 aliphatic rings. The number of nitriles is 1. The minimum absolute atomic E-state index is 0.802. The van der Waals surface area contributed by atoms with Crippen LogP contribution >= 0.6 is 0 Å². The molecule has 0 spiro atoms. The quantitative estimate of drug-likeness (QED) is 0.688. The summed E-state index contributed by atoms with van der Waals surface area (Å²) in [4.78, 5) is 2.97. The Balaban J connectivity index is 2.33. The average Bonchev–Trinajstić information content (AvgIpc) is 2.60. The second kappa shape index (κ2) is 5.42. The highest BCUT2D eigenvalue weighted by Gasteiger charge is 2.01. The fourth-order valence-corrected chi connectivity index (χ4v) is 1.45. The molecule has 2 nitrogen and oxygen atoms in total. The molecule has 0 aliphatic carbocycles. The molecule has 1 N–H and O–H groups in total. The van der Waals surface area contributed by atoms with Gasteiger partial charge in [-0.25, -0.2) is 0 Å². The Labute approximate surface area is 79.6 Å². The predicted molar refractivity (Wildman–Crippen MR) is 53.4 cm³/mol. The first-order chi connectivity index (χ1) is 6.38. The summed E-state index contributed by atoms with van der Waals surface area (Å²) in [6.45, 7) is 2.21. The van der Waals surface area contributed by atoms with Crippen LogP contribution in [0.5, 0.6) is 0 Å². The van der Waals surface area contributed by atoms with Crippen molar-refractivity contribution in [1.82, 2.24) is 4.98 Å². The number of nitrogens with zero attached hydrogens (tertiary/aromatic N) is 1. The largest absolute Gasteiger partial charge is 0.366 e. The number of rotatable bonds is 5. The van der Waals surface area contributed by atoms with E-state index in [-0.39, 0.29) is 0 Å². The summed E-state index contributed by atoms with van der Waals surface area (Å²) in [5, 5.41) is 8.74. The maximum Gasteiger partial charge on any atom is 0.101 e. The van der Waals surface area contributed by atoms with Crippen molar-refractivity contribution in [2.75, 3.05) is 0 Å². The van der Waals surface area contributed by atoms with Crippen molar-refractivity contribution in [3.63, 3.8) is 0 Å². The molecule has 2 heteroatoms. The van der Waals surface area contributed by atoms with Crippen LogP contribution in [0.2, 0.25) is 0 Å². The number of hydrogen-bond donors (Lipinski definition) is 1. The molecule has 1 aromatic heterocycles. The van der Waals surface area contributed by atoms with E-state index < -0.39 is 0 Å². The van der Waals surface area contributed by atoms with Crippen LogP contribution < -0.4 is 0 Å². The van der Waals surface area contributed by atoms with Gasteiger partial charge in [0.2, 0.25) is 0 Å². The molecule has 0 aromatic carbocycles. The highest BCUT2D eigenvalue weighted by atomic mass is 14.6. The maximum absolute atomic E-state index is 8.74. The van der Waals surface area contributed by atoms with Gasteiger partial charge >= 0.3 is 0 Å². The third kappa shape index (κ3) is 2.95. The van der Waals surface area contributed by atoms with E-state index >= 15 is 0 Å². The third-order valence-corrected chi connectivity index (χ3v) is 2.25. The molecule has 0 unspecified atom stereocenters. The highest BCUT2D eigenvalue weighted by molar-refractivity contribution is 5.34. The number of nitrogens with one attached hydrogen (secondary N) is 1. The molecule has 70 valence electrons. The molecule has 1 rings (SSSR count). The van der Waals surface area contributed by atoms with Gasteiger partial charge in [0.15, 0.2) is 0 Å². The van der Waals surface area contributed by atoms with Gasteiger partial charge < -0.3 is 4.98 Å². The Morgan fingerprint density at radius 1 is 1.31 bits per heavy atom. The monoisotopic (exact) mass is 176 g/mol. The Bertz CT molecular complexity index is 281. The summed E-state index contributed by atoms with van der Waals surface area (Å²) in [5.41, 5.74) is 1.97. The van der Waals surface area contributed by atoms with Crippen LogP contribution in [-0.4, -0.2) is 4.98 Å². The molecule has 13 heavy (non-hydrogen) atoms. The van der Waals surface area contributed by atoms with Crippen LogP contribution in [0.25, 0.3) is 0 Å². The standard InChI is InChI=1S/C11H16N2/c1-2-3-4-5-6-10-8-13-9-11(10)7-12/h8-9,13H,2-6H2,1H3. The first kappa shape index (κ1) is 9.85. The lowest BCUT2D eigenvalue weighted by molar-refractivity contribution is 0.666. The van der Waals surface area contributed by atoms with Crippen molar-refractivity contribution in [1.29, 1.82) is 5.26 Å². The number of aryl methyl sites for hydroxylation is 1. The van der Waals surface area contributed by atoms with Crippen molar-refractivity contribution in [2.24, 2.45) is 0 Å². The van der Waals surface area contributed by atoms with E-state index in [1.165, 1.54) is 31.2 Å². The number of aromatic amines is 1. The molecule has 0 amide bonds. The van der Waals surface area contributed by atoms with E-state index in [2.05, 4.69) is 18.0 Å². The van der Waals surface area contributed by atoms with Gasteiger partial charge in [0.1, 0.15) is 6.07 Å². The van der Waals surface area contributed by atoms with Crippen molar-refractivity contribution in [3.05, 3.63) is 23.5 Å². The van der Waals surface area contributed by atoms with Crippen LogP contribution in [0, 0.1) is 11.3 Å². The fraction of sp³-hybridized carbons (Fsp3) is 0.545. The number of hydrogen-bond acceptors (Lipinski definition) is 1. The Kier molecular flexibility index (Phi) is 4.11. The third-order valence-electron chi connectivity index (χ3n) is 2.25. The smallest absolute Gasteiger partial charge is 0.101 e. The lowest BCUT2D eigenvalue weighted by atomic mass is 10.1. The van der Waals surface area contributed by atoms with Gasteiger partial charge in [0, 0.05) is 12.4 Å². The van der Waals surface area contributed by atoms with E-state index in [1.807, 2.05) is 6.20 Å². The molecular weight excluding hydrogens is 160 g/mol. The van der Waals surface area contributed by atoms with Crippen LogP contribution in [0.4, 0.5) is 0 Å². The van der Waals surface area contributed by atoms with Gasteiger partial charge in [0.05, 0.1) is 5.56 Å². The normalized spacial score (nSPS) is 9.85. The van der Waals surface area contributed by atoms with E-state index in [1.54, 1.807) is 6.20 Å². The van der Waals surface area contributed by atoms with Gasteiger partial charge in [0.25, 0.3) is 0 Å². The SMILES string of the molecule is CCCCCCc1c[nH]cc1C#N. The van der Waals surface area contributed by atoms with E-state index in [4.69, 9.17) is 5.26 Å². The molecule has 0 atom stereocenters. The van der Waals surface area contributed by atoms with Gasteiger partial charge in [-0.3, -0.25) is 0 Å². The average molecular weight is 176 g/mol. The van der Waals surface area contributed by atoms with Gasteiger partial charge in [-0.1, -0.05) is 26.2 Å². The first-order valence-corrected chi connectivity index (χ1v) is 4.94. The van der Waals surface area contributed by atoms with Crippen LogP contribution in [0.1, 0.15) is 43.7 Å². The van der Waals surface area contributed by atoms with Crippen LogP contribution in [0.3, 0.4) is 0 Å². The first-order valence-electron chi connectivity index (χ1n) is 4.94. The molecule has 0 radical (unpaired) electrons. The molecule has 0 saturated carbocycles. The summed E-state index contributed by atoms with van der Waals surface area (Å²) in [6, 6.07) is 2.19. The van der Waals surface area contributed by atoms with Crippen LogP contribution in [0.15, 0.2) is 12.4 Å².